The Kier molecular flexibility index (Phi) is 1.92. The monoisotopic (exact) mass is 270 g/mol. The van der Waals surface area contributed by atoms with Crippen LogP contribution in [-0.2, 0) is 0 Å². The van der Waals surface area contributed by atoms with Crippen LogP contribution < -0.4 is 0 Å². The fourth-order valence-electron chi connectivity index (χ4n) is 3.03. The number of hydrogen-bond acceptors (Lipinski definition) is 3. The highest BCUT2D eigenvalue weighted by Crippen LogP contribution is 2.30. The van der Waals surface area contributed by atoms with Gasteiger partial charge in [0.1, 0.15) is 0 Å². The van der Waals surface area contributed by atoms with Gasteiger partial charge in [-0.3, -0.25) is 14.4 Å². The third-order valence-corrected chi connectivity index (χ3v) is 3.99. The molecule has 4 heterocycles. The molecule has 21 heavy (non-hydrogen) atoms. The average molecular weight is 270 g/mol. The van der Waals surface area contributed by atoms with Crippen LogP contribution >= 0.6 is 0 Å². The number of fused-ring (bicyclic) bond motifs is 7. The first-order chi connectivity index (χ1) is 10.4. The predicted octanol–water partition coefficient (Wildman–Crippen LogP) is 3.58. The normalized spacial score (nSPS) is 11.8. The summed E-state index contributed by atoms with van der Waals surface area (Å²) in [5.41, 5.74) is 3.14. The molecule has 5 rings (SSSR count). The summed E-state index contributed by atoms with van der Waals surface area (Å²) in [7, 11) is 0. The summed E-state index contributed by atoms with van der Waals surface area (Å²) < 4.78 is 2.09. The third kappa shape index (κ3) is 1.36. The molecule has 0 saturated heterocycles. The number of imidazole rings is 1. The van der Waals surface area contributed by atoms with Crippen LogP contribution in [0.1, 0.15) is 0 Å². The molecule has 0 aliphatic carbocycles. The van der Waals surface area contributed by atoms with Gasteiger partial charge < -0.3 is 0 Å². The molecule has 0 radical (unpaired) electrons. The Balaban J connectivity index is 2.18. The highest BCUT2D eigenvalue weighted by Gasteiger charge is 2.10. The van der Waals surface area contributed by atoms with Gasteiger partial charge in [0.15, 0.2) is 0 Å². The SMILES string of the molecule is c1cnc2c(c1)c1cc3ccncc3cc1n1cncc21. The molecule has 1 aromatic carbocycles. The predicted molar refractivity (Wildman–Crippen MR) is 83.3 cm³/mol. The zero-order chi connectivity index (χ0) is 13.8. The van der Waals surface area contributed by atoms with E-state index < -0.39 is 0 Å². The van der Waals surface area contributed by atoms with Gasteiger partial charge in [0, 0.05) is 34.7 Å². The van der Waals surface area contributed by atoms with Crippen molar-refractivity contribution in [3.63, 3.8) is 0 Å². The van der Waals surface area contributed by atoms with E-state index in [9.17, 15) is 0 Å². The van der Waals surface area contributed by atoms with E-state index in [0.717, 1.165) is 27.3 Å². The van der Waals surface area contributed by atoms with Crippen molar-refractivity contribution < 1.29 is 0 Å². The van der Waals surface area contributed by atoms with Gasteiger partial charge in [-0.2, -0.15) is 0 Å². The van der Waals surface area contributed by atoms with Crippen LogP contribution in [0.25, 0.3) is 38.1 Å². The average Bonchev–Trinajstić information content (AvgIpc) is 3.03. The Morgan fingerprint density at radius 1 is 0.810 bits per heavy atom. The van der Waals surface area contributed by atoms with Gasteiger partial charge in [-0.05, 0) is 29.7 Å². The second-order valence-corrected chi connectivity index (χ2v) is 5.14. The molecule has 0 N–H and O–H groups in total. The minimum Gasteiger partial charge on any atom is -0.297 e. The standard InChI is InChI=1S/C17H10N4/c1-2-13-14-6-11-3-5-18-8-12(11)7-15(14)21-10-19-9-16(21)17(13)20-4-1/h1-10H. The number of rotatable bonds is 0. The van der Waals surface area contributed by atoms with Gasteiger partial charge in [-0.1, -0.05) is 6.07 Å². The van der Waals surface area contributed by atoms with Crippen LogP contribution in [0.3, 0.4) is 0 Å². The lowest BCUT2D eigenvalue weighted by molar-refractivity contribution is 1.21. The van der Waals surface area contributed by atoms with Crippen LogP contribution in [0.15, 0.2) is 61.4 Å². The summed E-state index contributed by atoms with van der Waals surface area (Å²) in [5, 5.41) is 4.65. The fourth-order valence-corrected chi connectivity index (χ4v) is 3.03. The molecule has 0 bridgehead atoms. The van der Waals surface area contributed by atoms with Gasteiger partial charge in [0.05, 0.1) is 29.1 Å². The number of nitrogens with zero attached hydrogens (tertiary/aromatic N) is 4. The van der Waals surface area contributed by atoms with E-state index in [1.165, 1.54) is 10.8 Å². The van der Waals surface area contributed by atoms with Crippen LogP contribution in [-0.4, -0.2) is 19.4 Å². The van der Waals surface area contributed by atoms with Crippen molar-refractivity contribution in [2.75, 3.05) is 0 Å². The van der Waals surface area contributed by atoms with E-state index in [1.54, 1.807) is 0 Å². The van der Waals surface area contributed by atoms with Crippen molar-refractivity contribution in [1.82, 2.24) is 19.4 Å². The summed E-state index contributed by atoms with van der Waals surface area (Å²) in [6.07, 6.45) is 9.25. The van der Waals surface area contributed by atoms with Crippen molar-refractivity contribution in [2.45, 2.75) is 0 Å². The fraction of sp³-hybridized carbons (Fsp3) is 0. The van der Waals surface area contributed by atoms with Crippen LogP contribution in [0, 0.1) is 0 Å². The molecular weight excluding hydrogens is 260 g/mol. The van der Waals surface area contributed by atoms with E-state index in [1.807, 2.05) is 43.2 Å². The van der Waals surface area contributed by atoms with Crippen molar-refractivity contribution in [3.8, 4) is 0 Å². The number of pyridine rings is 3. The Bertz CT molecular complexity index is 1140. The van der Waals surface area contributed by atoms with E-state index >= 15 is 0 Å². The van der Waals surface area contributed by atoms with Crippen molar-refractivity contribution in [3.05, 3.63) is 61.4 Å². The molecule has 0 unspecified atom stereocenters. The maximum Gasteiger partial charge on any atom is 0.0997 e. The highest BCUT2D eigenvalue weighted by atomic mass is 15.0. The Morgan fingerprint density at radius 2 is 1.81 bits per heavy atom. The first-order valence-corrected chi connectivity index (χ1v) is 6.78. The second-order valence-electron chi connectivity index (χ2n) is 5.14. The van der Waals surface area contributed by atoms with Gasteiger partial charge in [0.2, 0.25) is 0 Å². The molecule has 5 aromatic rings. The molecule has 4 aromatic heterocycles. The summed E-state index contributed by atoms with van der Waals surface area (Å²) in [5.74, 6) is 0. The summed E-state index contributed by atoms with van der Waals surface area (Å²) in [6.45, 7) is 0. The molecule has 0 aliphatic rings. The highest BCUT2D eigenvalue weighted by molar-refractivity contribution is 6.13. The molecule has 0 saturated carbocycles. The lowest BCUT2D eigenvalue weighted by atomic mass is 10.0. The minimum atomic E-state index is 0.982. The second kappa shape index (κ2) is 3.76. The maximum atomic E-state index is 4.54. The molecular formula is C17H10N4. The van der Waals surface area contributed by atoms with Gasteiger partial charge in [0.25, 0.3) is 0 Å². The largest absolute Gasteiger partial charge is 0.297 e. The van der Waals surface area contributed by atoms with Crippen molar-refractivity contribution >= 4 is 38.1 Å². The quantitative estimate of drug-likeness (QED) is 0.319. The number of hydrogen-bond donors (Lipinski definition) is 0. The third-order valence-electron chi connectivity index (χ3n) is 3.99. The first kappa shape index (κ1) is 10.7. The minimum absolute atomic E-state index is 0.982. The topological polar surface area (TPSA) is 43.1 Å². The summed E-state index contributed by atoms with van der Waals surface area (Å²) in [6, 6.07) is 10.5. The van der Waals surface area contributed by atoms with E-state index in [2.05, 4.69) is 37.6 Å². The summed E-state index contributed by atoms with van der Waals surface area (Å²) in [4.78, 5) is 13.0. The van der Waals surface area contributed by atoms with Crippen LogP contribution in [0.4, 0.5) is 0 Å². The molecule has 0 spiro atoms. The Morgan fingerprint density at radius 3 is 2.81 bits per heavy atom. The molecule has 0 fully saturated rings. The molecule has 0 atom stereocenters. The van der Waals surface area contributed by atoms with E-state index in [0.29, 0.717) is 0 Å². The zero-order valence-corrected chi connectivity index (χ0v) is 11.1. The Labute approximate surface area is 119 Å². The van der Waals surface area contributed by atoms with Crippen LogP contribution in [0.2, 0.25) is 0 Å². The molecule has 4 nitrogen and oxygen atoms in total. The van der Waals surface area contributed by atoms with Gasteiger partial charge >= 0.3 is 0 Å². The Hall–Kier alpha value is -3.01. The molecule has 0 amide bonds. The van der Waals surface area contributed by atoms with E-state index in [4.69, 9.17) is 0 Å². The smallest absolute Gasteiger partial charge is 0.0997 e. The lowest BCUT2D eigenvalue weighted by Crippen LogP contribution is -1.91. The molecule has 0 aliphatic heterocycles. The zero-order valence-electron chi connectivity index (χ0n) is 11.1. The van der Waals surface area contributed by atoms with Crippen LogP contribution in [0.5, 0.6) is 0 Å². The van der Waals surface area contributed by atoms with E-state index in [-0.39, 0.29) is 0 Å². The molecule has 98 valence electrons. The molecule has 4 heteroatoms. The maximum absolute atomic E-state index is 4.54. The van der Waals surface area contributed by atoms with Gasteiger partial charge in [-0.15, -0.1) is 0 Å². The summed E-state index contributed by atoms with van der Waals surface area (Å²) >= 11 is 0. The first-order valence-electron chi connectivity index (χ1n) is 6.78. The van der Waals surface area contributed by atoms with Gasteiger partial charge in [-0.25, -0.2) is 4.98 Å². The lowest BCUT2D eigenvalue weighted by Gasteiger charge is -2.09. The van der Waals surface area contributed by atoms with Crippen molar-refractivity contribution in [2.24, 2.45) is 0 Å². The van der Waals surface area contributed by atoms with Crippen molar-refractivity contribution in [1.29, 1.82) is 0 Å². The number of aromatic nitrogens is 4. The number of benzene rings is 1.